The van der Waals surface area contributed by atoms with Crippen LogP contribution in [0.4, 0.5) is 0 Å². The van der Waals surface area contributed by atoms with Gasteiger partial charge in [0.1, 0.15) is 18.1 Å². The number of carbonyl (C=O) groups excluding carboxylic acids is 1. The summed E-state index contributed by atoms with van der Waals surface area (Å²) in [5.74, 6) is 0.141. The molecule has 0 atom stereocenters. The lowest BCUT2D eigenvalue weighted by atomic mass is 10.0. The maximum Gasteiger partial charge on any atom is 0.171 e. The highest BCUT2D eigenvalue weighted by Gasteiger charge is 2.15. The fourth-order valence-electron chi connectivity index (χ4n) is 2.62. The van der Waals surface area contributed by atoms with Gasteiger partial charge in [-0.25, -0.2) is 0 Å². The third-order valence-corrected chi connectivity index (χ3v) is 4.75. The molecule has 0 aliphatic heterocycles. The van der Waals surface area contributed by atoms with Crippen LogP contribution < -0.4 is 4.74 Å². The molecule has 1 N–H and O–H groups in total. The van der Waals surface area contributed by atoms with E-state index in [0.717, 1.165) is 5.56 Å². The van der Waals surface area contributed by atoms with Crippen molar-refractivity contribution < 1.29 is 14.6 Å². The Hall–Kier alpha value is -2.49. The SMILES string of the molecule is Cc1ccc(COc2ccc(C(=O)Cc3ccc(Cl)cc3Cl)c(O)c2)cc1. The van der Waals surface area contributed by atoms with Gasteiger partial charge in [0.15, 0.2) is 5.78 Å². The molecule has 0 aliphatic rings. The second-order valence-electron chi connectivity index (χ2n) is 6.29. The van der Waals surface area contributed by atoms with Gasteiger partial charge in [0.05, 0.1) is 5.56 Å². The van der Waals surface area contributed by atoms with Gasteiger partial charge in [0.2, 0.25) is 0 Å². The summed E-state index contributed by atoms with van der Waals surface area (Å²) < 4.78 is 5.69. The van der Waals surface area contributed by atoms with E-state index >= 15 is 0 Å². The van der Waals surface area contributed by atoms with Crippen molar-refractivity contribution in [3.63, 3.8) is 0 Å². The Bertz CT molecular complexity index is 966. The first-order valence-electron chi connectivity index (χ1n) is 8.41. The zero-order chi connectivity index (χ0) is 19.4. The number of phenols is 1. The highest BCUT2D eigenvalue weighted by Crippen LogP contribution is 2.27. The summed E-state index contributed by atoms with van der Waals surface area (Å²) in [4.78, 5) is 12.5. The summed E-state index contributed by atoms with van der Waals surface area (Å²) in [5.41, 5.74) is 3.09. The minimum atomic E-state index is -0.234. The average Bonchev–Trinajstić information content (AvgIpc) is 2.63. The molecule has 0 saturated carbocycles. The van der Waals surface area contributed by atoms with Crippen LogP contribution in [-0.4, -0.2) is 10.9 Å². The van der Waals surface area contributed by atoms with Gasteiger partial charge in [0.25, 0.3) is 0 Å². The zero-order valence-corrected chi connectivity index (χ0v) is 16.2. The molecule has 138 valence electrons. The molecule has 0 radical (unpaired) electrons. The maximum atomic E-state index is 12.5. The second kappa shape index (κ2) is 8.47. The summed E-state index contributed by atoms with van der Waals surface area (Å²) in [6.45, 7) is 2.41. The number of ether oxygens (including phenoxy) is 1. The second-order valence-corrected chi connectivity index (χ2v) is 7.13. The monoisotopic (exact) mass is 400 g/mol. The third-order valence-electron chi connectivity index (χ3n) is 4.16. The number of benzene rings is 3. The number of Topliss-reactive ketones (excluding diaryl/α,β-unsaturated/α-hetero) is 1. The minimum absolute atomic E-state index is 0.0765. The first-order chi connectivity index (χ1) is 12.9. The molecule has 3 nitrogen and oxygen atoms in total. The van der Waals surface area contributed by atoms with E-state index < -0.39 is 0 Å². The van der Waals surface area contributed by atoms with E-state index in [2.05, 4.69) is 0 Å². The van der Waals surface area contributed by atoms with E-state index in [1.807, 2.05) is 31.2 Å². The number of aromatic hydroxyl groups is 1. The molecule has 0 heterocycles. The Morgan fingerprint density at radius 2 is 1.74 bits per heavy atom. The van der Waals surface area contributed by atoms with E-state index in [4.69, 9.17) is 27.9 Å². The lowest BCUT2D eigenvalue weighted by Gasteiger charge is -2.10. The predicted molar refractivity (Wildman–Crippen MR) is 108 cm³/mol. The topological polar surface area (TPSA) is 46.5 Å². The van der Waals surface area contributed by atoms with Crippen molar-refractivity contribution in [1.82, 2.24) is 0 Å². The number of halogens is 2. The van der Waals surface area contributed by atoms with Crippen LogP contribution in [0.1, 0.15) is 27.0 Å². The van der Waals surface area contributed by atoms with E-state index in [1.54, 1.807) is 30.3 Å². The summed E-state index contributed by atoms with van der Waals surface area (Å²) in [6, 6.07) is 17.7. The molecule has 3 rings (SSSR count). The van der Waals surface area contributed by atoms with Crippen LogP contribution in [0.2, 0.25) is 10.0 Å². The largest absolute Gasteiger partial charge is 0.507 e. The van der Waals surface area contributed by atoms with E-state index in [1.165, 1.54) is 11.6 Å². The highest BCUT2D eigenvalue weighted by molar-refractivity contribution is 6.35. The van der Waals surface area contributed by atoms with E-state index in [-0.39, 0.29) is 23.5 Å². The lowest BCUT2D eigenvalue weighted by molar-refractivity contribution is 0.0990. The molecule has 3 aromatic rings. The molecule has 3 aromatic carbocycles. The van der Waals surface area contributed by atoms with Crippen LogP contribution in [0, 0.1) is 6.92 Å². The number of ketones is 1. The summed E-state index contributed by atoms with van der Waals surface area (Å²) in [7, 11) is 0. The number of carbonyl (C=O) groups is 1. The lowest BCUT2D eigenvalue weighted by Crippen LogP contribution is -2.05. The van der Waals surface area contributed by atoms with Crippen LogP contribution in [-0.2, 0) is 13.0 Å². The Kier molecular flexibility index (Phi) is 6.04. The number of rotatable bonds is 6. The molecule has 0 saturated heterocycles. The van der Waals surface area contributed by atoms with Crippen molar-refractivity contribution in [2.24, 2.45) is 0 Å². The van der Waals surface area contributed by atoms with Gasteiger partial charge >= 0.3 is 0 Å². The molecule has 0 amide bonds. The number of phenolic OH excluding ortho intramolecular Hbond substituents is 1. The van der Waals surface area contributed by atoms with Crippen LogP contribution in [0.5, 0.6) is 11.5 Å². The standard InChI is InChI=1S/C22H18Cl2O3/c1-14-2-4-15(5-3-14)13-27-18-8-9-19(22(26)12-18)21(25)10-16-6-7-17(23)11-20(16)24/h2-9,11-12,26H,10,13H2,1H3. The van der Waals surface area contributed by atoms with Crippen LogP contribution in [0.25, 0.3) is 0 Å². The molecule has 0 aromatic heterocycles. The fraction of sp³-hybridized carbons (Fsp3) is 0.136. The van der Waals surface area contributed by atoms with Gasteiger partial charge in [-0.2, -0.15) is 0 Å². The molecule has 5 heteroatoms. The number of aryl methyl sites for hydroxylation is 1. The van der Waals surface area contributed by atoms with Crippen molar-refractivity contribution in [3.8, 4) is 11.5 Å². The molecule has 0 unspecified atom stereocenters. The first-order valence-corrected chi connectivity index (χ1v) is 9.16. The Morgan fingerprint density at radius 1 is 1.00 bits per heavy atom. The molecular formula is C22H18Cl2O3. The molecular weight excluding hydrogens is 383 g/mol. The van der Waals surface area contributed by atoms with Crippen LogP contribution >= 0.6 is 23.2 Å². The molecule has 0 bridgehead atoms. The van der Waals surface area contributed by atoms with Gasteiger partial charge in [-0.3, -0.25) is 4.79 Å². The molecule has 0 aliphatic carbocycles. The third kappa shape index (κ3) is 5.03. The summed E-state index contributed by atoms with van der Waals surface area (Å²) in [5, 5.41) is 11.2. The highest BCUT2D eigenvalue weighted by atomic mass is 35.5. The normalized spacial score (nSPS) is 10.6. The number of hydrogen-bond donors (Lipinski definition) is 1. The maximum absolute atomic E-state index is 12.5. The predicted octanol–water partition coefficient (Wildman–Crippen LogP) is 6.01. The Morgan fingerprint density at radius 3 is 2.41 bits per heavy atom. The van der Waals surface area contributed by atoms with Crippen molar-refractivity contribution in [3.05, 3.63) is 93.0 Å². The fourth-order valence-corrected chi connectivity index (χ4v) is 3.10. The molecule has 0 fully saturated rings. The van der Waals surface area contributed by atoms with Gasteiger partial charge in [-0.15, -0.1) is 0 Å². The van der Waals surface area contributed by atoms with Gasteiger partial charge in [-0.05, 0) is 42.3 Å². The van der Waals surface area contributed by atoms with Crippen molar-refractivity contribution in [1.29, 1.82) is 0 Å². The molecule has 0 spiro atoms. The van der Waals surface area contributed by atoms with Crippen LogP contribution in [0.15, 0.2) is 60.7 Å². The Labute approximate surface area is 168 Å². The summed E-state index contributed by atoms with van der Waals surface area (Å²) >= 11 is 12.0. The van der Waals surface area contributed by atoms with E-state index in [9.17, 15) is 9.90 Å². The van der Waals surface area contributed by atoms with Gasteiger partial charge < -0.3 is 9.84 Å². The molecule has 27 heavy (non-hydrogen) atoms. The van der Waals surface area contributed by atoms with Gasteiger partial charge in [-0.1, -0.05) is 59.1 Å². The van der Waals surface area contributed by atoms with Gasteiger partial charge in [0, 0.05) is 22.5 Å². The first kappa shape index (κ1) is 19.3. The van der Waals surface area contributed by atoms with Crippen molar-refractivity contribution >= 4 is 29.0 Å². The Balaban J connectivity index is 1.68. The zero-order valence-electron chi connectivity index (χ0n) is 14.7. The minimum Gasteiger partial charge on any atom is -0.507 e. The average molecular weight is 401 g/mol. The summed E-state index contributed by atoms with van der Waals surface area (Å²) in [6.07, 6.45) is 0.0765. The smallest absolute Gasteiger partial charge is 0.171 e. The van der Waals surface area contributed by atoms with Crippen molar-refractivity contribution in [2.45, 2.75) is 20.0 Å². The number of hydrogen-bond acceptors (Lipinski definition) is 3. The van der Waals surface area contributed by atoms with E-state index in [0.29, 0.717) is 28.0 Å². The quantitative estimate of drug-likeness (QED) is 0.515. The van der Waals surface area contributed by atoms with Crippen molar-refractivity contribution in [2.75, 3.05) is 0 Å². The van der Waals surface area contributed by atoms with Crippen LogP contribution in [0.3, 0.4) is 0 Å².